The third-order valence-corrected chi connectivity index (χ3v) is 3.10. The molecule has 0 aromatic carbocycles. The highest BCUT2D eigenvalue weighted by Gasteiger charge is 2.30. The van der Waals surface area contributed by atoms with Crippen LogP contribution in [0.2, 0.25) is 0 Å². The summed E-state index contributed by atoms with van der Waals surface area (Å²) in [4.78, 5) is 4.39. The van der Waals surface area contributed by atoms with Gasteiger partial charge < -0.3 is 0 Å². The Hall–Kier alpha value is -0.150. The van der Waals surface area contributed by atoms with E-state index in [1.165, 1.54) is 5.57 Å². The molecule has 3 heteroatoms. The van der Waals surface area contributed by atoms with E-state index in [2.05, 4.69) is 62.9 Å². The van der Waals surface area contributed by atoms with E-state index >= 15 is 0 Å². The maximum Gasteiger partial charge on any atom is 0.107 e. The predicted octanol–water partition coefficient (Wildman–Crippen LogP) is 3.92. The quantitative estimate of drug-likeness (QED) is 0.643. The number of fused-ring (bicyclic) bond motifs is 1. The lowest BCUT2D eigenvalue weighted by molar-refractivity contribution is 0.583. The SMILES string of the molecule is CC1(C)C=C(Br)C=C2N=C(Br)C=C21. The Bertz CT molecular complexity index is 384. The molecule has 0 aromatic rings. The van der Waals surface area contributed by atoms with Crippen LogP contribution in [0.3, 0.4) is 0 Å². The fraction of sp³-hybridized carbons (Fsp3) is 0.300. The van der Waals surface area contributed by atoms with Crippen molar-refractivity contribution in [3.8, 4) is 0 Å². The normalized spacial score (nSPS) is 24.3. The van der Waals surface area contributed by atoms with E-state index < -0.39 is 0 Å². The van der Waals surface area contributed by atoms with E-state index in [-0.39, 0.29) is 5.41 Å². The maximum absolute atomic E-state index is 4.39. The summed E-state index contributed by atoms with van der Waals surface area (Å²) in [5, 5.41) is 0. The molecular formula is C10H9Br2N. The molecule has 0 saturated carbocycles. The first kappa shape index (κ1) is 9.41. The molecule has 1 nitrogen and oxygen atoms in total. The van der Waals surface area contributed by atoms with Crippen LogP contribution in [0.15, 0.2) is 39.0 Å². The minimum absolute atomic E-state index is 0.0714. The monoisotopic (exact) mass is 301 g/mol. The summed E-state index contributed by atoms with van der Waals surface area (Å²) in [6, 6.07) is 0. The van der Waals surface area contributed by atoms with Crippen molar-refractivity contribution >= 4 is 36.5 Å². The van der Waals surface area contributed by atoms with Gasteiger partial charge in [0, 0.05) is 9.90 Å². The first-order valence-corrected chi connectivity index (χ1v) is 5.64. The average Bonchev–Trinajstić information content (AvgIpc) is 2.28. The molecule has 0 N–H and O–H groups in total. The Morgan fingerprint density at radius 3 is 2.62 bits per heavy atom. The van der Waals surface area contributed by atoms with Crippen molar-refractivity contribution in [1.29, 1.82) is 0 Å². The van der Waals surface area contributed by atoms with Gasteiger partial charge in [-0.15, -0.1) is 0 Å². The van der Waals surface area contributed by atoms with Gasteiger partial charge in [-0.2, -0.15) is 0 Å². The van der Waals surface area contributed by atoms with Crippen molar-refractivity contribution in [2.75, 3.05) is 0 Å². The minimum Gasteiger partial charge on any atom is -0.241 e. The van der Waals surface area contributed by atoms with Gasteiger partial charge in [0.15, 0.2) is 0 Å². The maximum atomic E-state index is 4.39. The largest absolute Gasteiger partial charge is 0.241 e. The molecule has 1 aliphatic carbocycles. The minimum atomic E-state index is 0.0714. The van der Waals surface area contributed by atoms with Crippen molar-refractivity contribution in [2.45, 2.75) is 13.8 Å². The standard InChI is InChI=1S/C10H9Br2N/c1-10(2)5-6(11)3-8-7(10)4-9(12)13-8/h3-5H,1-2H3. The number of hydrogen-bond acceptors (Lipinski definition) is 1. The molecule has 1 aliphatic heterocycles. The van der Waals surface area contributed by atoms with Gasteiger partial charge in [-0.1, -0.05) is 35.9 Å². The Kier molecular flexibility index (Phi) is 2.11. The highest BCUT2D eigenvalue weighted by atomic mass is 79.9. The molecule has 1 heterocycles. The van der Waals surface area contributed by atoms with E-state index in [9.17, 15) is 0 Å². The number of allylic oxidation sites excluding steroid dienone is 5. The third kappa shape index (κ3) is 1.59. The number of aliphatic imine (C=N–C) groups is 1. The Morgan fingerprint density at radius 2 is 1.92 bits per heavy atom. The van der Waals surface area contributed by atoms with Gasteiger partial charge in [0.25, 0.3) is 0 Å². The molecule has 0 fully saturated rings. The highest BCUT2D eigenvalue weighted by molar-refractivity contribution is 9.18. The van der Waals surface area contributed by atoms with Crippen molar-refractivity contribution < 1.29 is 0 Å². The molecule has 2 rings (SSSR count). The summed E-state index contributed by atoms with van der Waals surface area (Å²) in [7, 11) is 0. The number of halogens is 2. The Balaban J connectivity index is 2.55. The second-order valence-corrected chi connectivity index (χ2v) is 5.50. The van der Waals surface area contributed by atoms with Gasteiger partial charge in [-0.05, 0) is 33.7 Å². The fourth-order valence-electron chi connectivity index (χ4n) is 1.62. The van der Waals surface area contributed by atoms with Crippen LogP contribution in [0.25, 0.3) is 0 Å². The smallest absolute Gasteiger partial charge is 0.107 e. The van der Waals surface area contributed by atoms with Crippen molar-refractivity contribution in [1.82, 2.24) is 0 Å². The topological polar surface area (TPSA) is 12.4 Å². The van der Waals surface area contributed by atoms with E-state index in [0.29, 0.717) is 0 Å². The molecule has 0 radical (unpaired) electrons. The molecular weight excluding hydrogens is 294 g/mol. The fourth-order valence-corrected chi connectivity index (χ4v) is 2.83. The summed E-state index contributed by atoms with van der Waals surface area (Å²) in [6.07, 6.45) is 6.33. The lowest BCUT2D eigenvalue weighted by atomic mass is 9.80. The predicted molar refractivity (Wildman–Crippen MR) is 63.3 cm³/mol. The van der Waals surface area contributed by atoms with Crippen LogP contribution in [-0.2, 0) is 0 Å². The molecule has 2 aliphatic rings. The number of nitrogens with zero attached hydrogens (tertiary/aromatic N) is 1. The molecule has 0 unspecified atom stereocenters. The number of hydrogen-bond donors (Lipinski definition) is 0. The summed E-state index contributed by atoms with van der Waals surface area (Å²) >= 11 is 6.89. The van der Waals surface area contributed by atoms with Crippen molar-refractivity contribution in [3.05, 3.63) is 34.0 Å². The zero-order chi connectivity index (χ0) is 9.64. The van der Waals surface area contributed by atoms with Crippen LogP contribution in [0.5, 0.6) is 0 Å². The van der Waals surface area contributed by atoms with Crippen LogP contribution in [0.4, 0.5) is 0 Å². The molecule has 0 bridgehead atoms. The highest BCUT2D eigenvalue weighted by Crippen LogP contribution is 2.43. The van der Waals surface area contributed by atoms with Gasteiger partial charge in [0.1, 0.15) is 4.62 Å². The molecule has 0 aromatic heterocycles. The summed E-state index contributed by atoms with van der Waals surface area (Å²) in [5.74, 6) is 0. The zero-order valence-corrected chi connectivity index (χ0v) is 10.6. The van der Waals surface area contributed by atoms with Gasteiger partial charge in [-0.25, -0.2) is 4.99 Å². The summed E-state index contributed by atoms with van der Waals surface area (Å²) in [5.41, 5.74) is 2.41. The zero-order valence-electron chi connectivity index (χ0n) is 7.44. The third-order valence-electron chi connectivity index (χ3n) is 2.23. The van der Waals surface area contributed by atoms with E-state index in [4.69, 9.17) is 0 Å². The van der Waals surface area contributed by atoms with Crippen LogP contribution in [-0.4, -0.2) is 4.62 Å². The van der Waals surface area contributed by atoms with Crippen LogP contribution in [0.1, 0.15) is 13.8 Å². The van der Waals surface area contributed by atoms with Gasteiger partial charge in [0.2, 0.25) is 0 Å². The molecule has 0 saturated heterocycles. The van der Waals surface area contributed by atoms with Crippen molar-refractivity contribution in [3.63, 3.8) is 0 Å². The lowest BCUT2D eigenvalue weighted by Gasteiger charge is -2.26. The average molecular weight is 303 g/mol. The Labute approximate surface area is 94.6 Å². The van der Waals surface area contributed by atoms with Gasteiger partial charge >= 0.3 is 0 Å². The van der Waals surface area contributed by atoms with Crippen molar-refractivity contribution in [2.24, 2.45) is 10.4 Å². The number of rotatable bonds is 0. The molecule has 68 valence electrons. The second kappa shape index (κ2) is 2.92. The lowest BCUT2D eigenvalue weighted by Crippen LogP contribution is -2.14. The molecule has 13 heavy (non-hydrogen) atoms. The first-order valence-electron chi connectivity index (χ1n) is 4.06. The van der Waals surface area contributed by atoms with Crippen LogP contribution in [0, 0.1) is 5.41 Å². The van der Waals surface area contributed by atoms with Gasteiger partial charge in [-0.3, -0.25) is 0 Å². The molecule has 0 atom stereocenters. The first-order chi connectivity index (χ1) is 5.99. The summed E-state index contributed by atoms with van der Waals surface area (Å²) in [6.45, 7) is 4.38. The van der Waals surface area contributed by atoms with E-state index in [1.807, 2.05) is 6.08 Å². The van der Waals surface area contributed by atoms with Crippen LogP contribution >= 0.6 is 31.9 Å². The van der Waals surface area contributed by atoms with Gasteiger partial charge in [0.05, 0.1) is 5.70 Å². The van der Waals surface area contributed by atoms with E-state index in [1.54, 1.807) is 0 Å². The Morgan fingerprint density at radius 1 is 1.23 bits per heavy atom. The molecule has 0 spiro atoms. The van der Waals surface area contributed by atoms with Crippen LogP contribution < -0.4 is 0 Å². The molecule has 0 amide bonds. The van der Waals surface area contributed by atoms with E-state index in [0.717, 1.165) is 14.8 Å². The summed E-state index contributed by atoms with van der Waals surface area (Å²) < 4.78 is 2.02. The second-order valence-electron chi connectivity index (χ2n) is 3.77.